The van der Waals surface area contributed by atoms with Crippen LogP contribution in [0.1, 0.15) is 10.5 Å². The highest BCUT2D eigenvalue weighted by molar-refractivity contribution is 5.91. The van der Waals surface area contributed by atoms with Crippen LogP contribution in [0.15, 0.2) is 18.2 Å². The van der Waals surface area contributed by atoms with E-state index >= 15 is 0 Å². The molecule has 0 radical (unpaired) electrons. The number of amides is 1. The number of aromatic nitrogens is 1. The second-order valence-electron chi connectivity index (χ2n) is 3.48. The van der Waals surface area contributed by atoms with Crippen molar-refractivity contribution in [2.45, 2.75) is 0 Å². The summed E-state index contributed by atoms with van der Waals surface area (Å²) in [5.41, 5.74) is 5.50. The van der Waals surface area contributed by atoms with E-state index in [9.17, 15) is 4.79 Å². The lowest BCUT2D eigenvalue weighted by molar-refractivity contribution is 0.0995. The number of carbonyl (C=O) groups is 1. The normalized spacial score (nSPS) is 16.4. The molecule has 0 bridgehead atoms. The SMILES string of the molecule is NC(=O)c1cccc(N2CCNCC2)n1. The van der Waals surface area contributed by atoms with Crippen molar-refractivity contribution in [3.05, 3.63) is 23.9 Å². The van der Waals surface area contributed by atoms with E-state index in [-0.39, 0.29) is 0 Å². The summed E-state index contributed by atoms with van der Waals surface area (Å²) in [6.07, 6.45) is 0. The number of anilines is 1. The molecule has 0 saturated carbocycles. The highest BCUT2D eigenvalue weighted by Gasteiger charge is 2.12. The molecule has 1 fully saturated rings. The van der Waals surface area contributed by atoms with E-state index < -0.39 is 5.91 Å². The van der Waals surface area contributed by atoms with Gasteiger partial charge in [-0.1, -0.05) is 6.07 Å². The van der Waals surface area contributed by atoms with Crippen molar-refractivity contribution >= 4 is 11.7 Å². The number of nitrogens with one attached hydrogen (secondary N) is 1. The molecule has 1 aliphatic rings. The van der Waals surface area contributed by atoms with Gasteiger partial charge in [-0.15, -0.1) is 0 Å². The predicted molar refractivity (Wildman–Crippen MR) is 57.8 cm³/mol. The number of rotatable bonds is 2. The van der Waals surface area contributed by atoms with Gasteiger partial charge in [0.25, 0.3) is 5.91 Å². The van der Waals surface area contributed by atoms with E-state index in [4.69, 9.17) is 5.73 Å². The molecular formula is C10H14N4O. The molecule has 0 atom stereocenters. The van der Waals surface area contributed by atoms with Crippen molar-refractivity contribution < 1.29 is 4.79 Å². The Bertz CT molecular complexity index is 360. The predicted octanol–water partition coefficient (Wildman–Crippen LogP) is -0.410. The van der Waals surface area contributed by atoms with Crippen molar-refractivity contribution in [1.29, 1.82) is 0 Å². The molecular weight excluding hydrogens is 192 g/mol. The zero-order valence-electron chi connectivity index (χ0n) is 8.44. The number of hydrogen-bond donors (Lipinski definition) is 2. The maximum Gasteiger partial charge on any atom is 0.267 e. The van der Waals surface area contributed by atoms with Crippen LogP contribution >= 0.6 is 0 Å². The van der Waals surface area contributed by atoms with Crippen molar-refractivity contribution in [1.82, 2.24) is 10.3 Å². The van der Waals surface area contributed by atoms with Crippen LogP contribution in [-0.2, 0) is 0 Å². The molecule has 0 aliphatic carbocycles. The summed E-state index contributed by atoms with van der Waals surface area (Å²) in [7, 11) is 0. The molecule has 5 nitrogen and oxygen atoms in total. The second-order valence-corrected chi connectivity index (χ2v) is 3.48. The van der Waals surface area contributed by atoms with Gasteiger partial charge in [0, 0.05) is 26.2 Å². The maximum atomic E-state index is 11.0. The molecule has 15 heavy (non-hydrogen) atoms. The molecule has 0 spiro atoms. The number of piperazine rings is 1. The highest BCUT2D eigenvalue weighted by atomic mass is 16.1. The Kier molecular flexibility index (Phi) is 2.82. The first-order valence-electron chi connectivity index (χ1n) is 5.00. The standard InChI is InChI=1S/C10H14N4O/c11-10(15)8-2-1-3-9(13-8)14-6-4-12-5-7-14/h1-3,12H,4-7H2,(H2,11,15). The van der Waals surface area contributed by atoms with Crippen molar-refractivity contribution in [2.75, 3.05) is 31.1 Å². The van der Waals surface area contributed by atoms with Gasteiger partial charge < -0.3 is 16.0 Å². The Hall–Kier alpha value is -1.62. The first-order chi connectivity index (χ1) is 7.27. The molecule has 1 aromatic rings. The van der Waals surface area contributed by atoms with Gasteiger partial charge in [-0.25, -0.2) is 4.98 Å². The van der Waals surface area contributed by atoms with Crippen molar-refractivity contribution in [3.8, 4) is 0 Å². The van der Waals surface area contributed by atoms with E-state index in [0.29, 0.717) is 5.69 Å². The minimum atomic E-state index is -0.480. The Morgan fingerprint density at radius 3 is 2.80 bits per heavy atom. The van der Waals surface area contributed by atoms with Crippen LogP contribution in [0.3, 0.4) is 0 Å². The lowest BCUT2D eigenvalue weighted by Gasteiger charge is -2.28. The molecule has 3 N–H and O–H groups in total. The number of primary amides is 1. The van der Waals surface area contributed by atoms with Crippen molar-refractivity contribution in [2.24, 2.45) is 5.73 Å². The summed E-state index contributed by atoms with van der Waals surface area (Å²) < 4.78 is 0. The van der Waals surface area contributed by atoms with Gasteiger partial charge in [0.05, 0.1) is 0 Å². The van der Waals surface area contributed by atoms with E-state index in [0.717, 1.165) is 32.0 Å². The van der Waals surface area contributed by atoms with E-state index in [1.807, 2.05) is 12.1 Å². The molecule has 1 aromatic heterocycles. The lowest BCUT2D eigenvalue weighted by Crippen LogP contribution is -2.44. The van der Waals surface area contributed by atoms with Crippen LogP contribution in [0, 0.1) is 0 Å². The first-order valence-corrected chi connectivity index (χ1v) is 5.00. The number of pyridine rings is 1. The Morgan fingerprint density at radius 2 is 2.13 bits per heavy atom. The highest BCUT2D eigenvalue weighted by Crippen LogP contribution is 2.11. The van der Waals surface area contributed by atoms with Gasteiger partial charge in [0.15, 0.2) is 0 Å². The fourth-order valence-electron chi connectivity index (χ4n) is 1.63. The quantitative estimate of drug-likeness (QED) is 0.690. The molecule has 0 aromatic carbocycles. The average Bonchev–Trinajstić information content (AvgIpc) is 2.30. The third-order valence-corrected chi connectivity index (χ3v) is 2.43. The average molecular weight is 206 g/mol. The van der Waals surface area contributed by atoms with E-state index in [1.54, 1.807) is 6.07 Å². The third-order valence-electron chi connectivity index (χ3n) is 2.43. The minimum Gasteiger partial charge on any atom is -0.364 e. The van der Waals surface area contributed by atoms with Gasteiger partial charge in [0.2, 0.25) is 0 Å². The van der Waals surface area contributed by atoms with Gasteiger partial charge in [0.1, 0.15) is 11.5 Å². The number of nitrogens with zero attached hydrogens (tertiary/aromatic N) is 2. The van der Waals surface area contributed by atoms with Crippen LogP contribution in [0.5, 0.6) is 0 Å². The molecule has 80 valence electrons. The fourth-order valence-corrected chi connectivity index (χ4v) is 1.63. The Labute approximate surface area is 88.3 Å². The Balaban J connectivity index is 2.19. The van der Waals surface area contributed by atoms with Crippen LogP contribution in [-0.4, -0.2) is 37.1 Å². The molecule has 2 rings (SSSR count). The molecule has 1 saturated heterocycles. The zero-order chi connectivity index (χ0) is 10.7. The van der Waals surface area contributed by atoms with Crippen LogP contribution in [0.2, 0.25) is 0 Å². The molecule has 5 heteroatoms. The smallest absolute Gasteiger partial charge is 0.267 e. The monoisotopic (exact) mass is 206 g/mol. The maximum absolute atomic E-state index is 11.0. The van der Waals surface area contributed by atoms with Crippen molar-refractivity contribution in [3.63, 3.8) is 0 Å². The fraction of sp³-hybridized carbons (Fsp3) is 0.400. The largest absolute Gasteiger partial charge is 0.364 e. The van der Waals surface area contributed by atoms with Crippen LogP contribution < -0.4 is 16.0 Å². The van der Waals surface area contributed by atoms with Gasteiger partial charge in [-0.2, -0.15) is 0 Å². The Morgan fingerprint density at radius 1 is 1.40 bits per heavy atom. The molecule has 2 heterocycles. The zero-order valence-corrected chi connectivity index (χ0v) is 8.44. The summed E-state index contributed by atoms with van der Waals surface area (Å²) in [5.74, 6) is 0.347. The molecule has 0 unspecified atom stereocenters. The number of carbonyl (C=O) groups excluding carboxylic acids is 1. The summed E-state index contributed by atoms with van der Waals surface area (Å²) in [6, 6.07) is 5.34. The van der Waals surface area contributed by atoms with E-state index in [1.165, 1.54) is 0 Å². The van der Waals surface area contributed by atoms with Gasteiger partial charge in [-0.05, 0) is 12.1 Å². The summed E-state index contributed by atoms with van der Waals surface area (Å²) in [5, 5.41) is 3.26. The topological polar surface area (TPSA) is 71.2 Å². The minimum absolute atomic E-state index is 0.325. The lowest BCUT2D eigenvalue weighted by atomic mass is 10.3. The van der Waals surface area contributed by atoms with Gasteiger partial charge in [-0.3, -0.25) is 4.79 Å². The number of nitrogens with two attached hydrogens (primary N) is 1. The second kappa shape index (κ2) is 4.27. The summed E-state index contributed by atoms with van der Waals surface area (Å²) >= 11 is 0. The summed E-state index contributed by atoms with van der Waals surface area (Å²) in [4.78, 5) is 17.3. The summed E-state index contributed by atoms with van der Waals surface area (Å²) in [6.45, 7) is 3.72. The van der Waals surface area contributed by atoms with Gasteiger partial charge >= 0.3 is 0 Å². The molecule has 1 amide bonds. The first kappa shape index (κ1) is 9.92. The van der Waals surface area contributed by atoms with Crippen LogP contribution in [0.4, 0.5) is 5.82 Å². The molecule has 1 aliphatic heterocycles. The van der Waals surface area contributed by atoms with Crippen LogP contribution in [0.25, 0.3) is 0 Å². The number of hydrogen-bond acceptors (Lipinski definition) is 4. The third kappa shape index (κ3) is 2.24. The van der Waals surface area contributed by atoms with E-state index in [2.05, 4.69) is 15.2 Å².